The Balaban J connectivity index is 1.95. The van der Waals surface area contributed by atoms with E-state index in [2.05, 4.69) is 57.8 Å². The zero-order chi connectivity index (χ0) is 44.7. The first-order valence-electron chi connectivity index (χ1n) is 20.3. The van der Waals surface area contributed by atoms with E-state index in [4.69, 9.17) is 11.5 Å². The number of rotatable bonds is 13. The van der Waals surface area contributed by atoms with E-state index in [9.17, 15) is 38.7 Å². The number of carbonyl (C=O) groups is 7. The number of guanidine groups is 1. The third-order valence-corrected chi connectivity index (χ3v) is 10.6. The van der Waals surface area contributed by atoms with Gasteiger partial charge in [-0.15, -0.1) is 0 Å². The molecule has 0 aliphatic carbocycles. The van der Waals surface area contributed by atoms with Crippen LogP contribution in [-0.4, -0.2) is 119 Å². The molecule has 60 heavy (non-hydrogen) atoms. The summed E-state index contributed by atoms with van der Waals surface area (Å²) in [5.41, 5.74) is 12.3. The van der Waals surface area contributed by atoms with Crippen LogP contribution in [0.1, 0.15) is 85.1 Å². The third-order valence-electron chi connectivity index (χ3n) is 10.1. The third kappa shape index (κ3) is 15.3. The SMILES string of the molecule is CC(C)CC1NC(=O)C(C)NC(=O)C(NC(=O)NC(CCCN=C(N)N)C(=O)O)CCCCNC(=O)C(Cc2c[nH]c3cc(Br)ccc23)NC(=O)C(CC(C)C)N(C)C1=O. The molecule has 7 amide bonds. The molecular weight excluding hydrogens is 842 g/mol. The normalized spacial score (nSPS) is 22.1. The number of aliphatic carboxylic acids is 1. The number of benzene rings is 1. The molecular formula is C40H62BrN11O8. The molecule has 0 bridgehead atoms. The van der Waals surface area contributed by atoms with Gasteiger partial charge in [-0.05, 0) is 81.4 Å². The second-order valence-electron chi connectivity index (χ2n) is 16.1. The molecule has 6 unspecified atom stereocenters. The highest BCUT2D eigenvalue weighted by Crippen LogP contribution is 2.24. The number of hydrogen-bond acceptors (Lipinski definition) is 8. The number of likely N-dealkylation sites (N-methyl/N-ethyl adjacent to an activating group) is 1. The van der Waals surface area contributed by atoms with Gasteiger partial charge in [0, 0.05) is 48.1 Å². The molecule has 3 rings (SSSR count). The molecule has 1 aliphatic heterocycles. The van der Waals surface area contributed by atoms with Crippen molar-refractivity contribution in [2.75, 3.05) is 20.1 Å². The molecule has 20 heteroatoms. The van der Waals surface area contributed by atoms with E-state index in [0.717, 1.165) is 20.9 Å². The smallest absolute Gasteiger partial charge is 0.326 e. The van der Waals surface area contributed by atoms with Crippen molar-refractivity contribution in [2.45, 2.75) is 122 Å². The maximum absolute atomic E-state index is 14.2. The summed E-state index contributed by atoms with van der Waals surface area (Å²) in [5, 5.41) is 26.7. The largest absolute Gasteiger partial charge is 0.480 e. The number of H-pyrrole nitrogens is 1. The zero-order valence-electron chi connectivity index (χ0n) is 35.2. The topological polar surface area (TPSA) is 295 Å². The Morgan fingerprint density at radius 1 is 0.950 bits per heavy atom. The van der Waals surface area contributed by atoms with Gasteiger partial charge in [0.1, 0.15) is 36.3 Å². The predicted octanol–water partition coefficient (Wildman–Crippen LogP) is 1.34. The molecule has 1 aromatic heterocycles. The number of aliphatic imine (C=N–C) groups is 1. The molecule has 0 radical (unpaired) electrons. The van der Waals surface area contributed by atoms with E-state index in [0.29, 0.717) is 12.8 Å². The Kier molecular flexibility index (Phi) is 19.1. The lowest BCUT2D eigenvalue weighted by Gasteiger charge is -2.33. The number of aromatic amines is 1. The number of carbonyl (C=O) groups excluding carboxylic acids is 6. The number of hydrogen-bond donors (Lipinski definition) is 10. The van der Waals surface area contributed by atoms with E-state index in [-0.39, 0.29) is 69.4 Å². The fourth-order valence-corrected chi connectivity index (χ4v) is 7.24. The summed E-state index contributed by atoms with van der Waals surface area (Å²) in [5.74, 6) is -4.46. The number of amides is 7. The Labute approximate surface area is 358 Å². The Bertz CT molecular complexity index is 1860. The van der Waals surface area contributed by atoms with Gasteiger partial charge in [0.25, 0.3) is 0 Å². The van der Waals surface area contributed by atoms with Crippen LogP contribution in [0, 0.1) is 11.8 Å². The molecule has 1 saturated heterocycles. The van der Waals surface area contributed by atoms with Crippen molar-refractivity contribution >= 4 is 74.3 Å². The summed E-state index contributed by atoms with van der Waals surface area (Å²) in [6.45, 7) is 9.31. The van der Waals surface area contributed by atoms with Gasteiger partial charge in [-0.25, -0.2) is 9.59 Å². The maximum atomic E-state index is 14.2. The number of fused-ring (bicyclic) bond motifs is 1. The van der Waals surface area contributed by atoms with Crippen LogP contribution >= 0.6 is 15.9 Å². The highest BCUT2D eigenvalue weighted by molar-refractivity contribution is 9.10. The molecule has 2 heterocycles. The molecule has 2 aromatic rings. The van der Waals surface area contributed by atoms with Crippen LogP contribution < -0.4 is 43.4 Å². The highest BCUT2D eigenvalue weighted by Gasteiger charge is 2.36. The van der Waals surface area contributed by atoms with Crippen LogP contribution in [0.3, 0.4) is 0 Å². The molecule has 0 spiro atoms. The average molecular weight is 905 g/mol. The van der Waals surface area contributed by atoms with Crippen molar-refractivity contribution in [3.63, 3.8) is 0 Å². The van der Waals surface area contributed by atoms with Gasteiger partial charge < -0.3 is 58.4 Å². The standard InChI is InChI=1S/C40H62BrN11O8/c1-21(2)16-31-37(57)52(6)32(17-22(3)4)36(56)48-30(18-24-20-46-29-19-25(41)12-13-26(24)29)34(54)44-14-8-7-10-27(35(55)47-23(5)33(53)49-31)50-40(60)51-28(38(58)59)11-9-15-45-39(42)43/h12-13,19-23,27-28,30-32,46H,7-11,14-18H2,1-6H3,(H,44,54)(H,47,55)(H,48,56)(H,49,53)(H,58,59)(H4,42,43,45)(H2,50,51,60). The highest BCUT2D eigenvalue weighted by atomic mass is 79.9. The van der Waals surface area contributed by atoms with Gasteiger partial charge in [-0.2, -0.15) is 0 Å². The van der Waals surface area contributed by atoms with Crippen molar-refractivity contribution in [3.8, 4) is 0 Å². The second kappa shape index (κ2) is 23.4. The average Bonchev–Trinajstić information content (AvgIpc) is 3.56. The monoisotopic (exact) mass is 903 g/mol. The lowest BCUT2D eigenvalue weighted by Crippen LogP contribution is -2.59. The first-order chi connectivity index (χ1) is 28.3. The van der Waals surface area contributed by atoms with Gasteiger partial charge >= 0.3 is 12.0 Å². The van der Waals surface area contributed by atoms with Gasteiger partial charge in [0.2, 0.25) is 29.5 Å². The van der Waals surface area contributed by atoms with Crippen molar-refractivity contribution in [3.05, 3.63) is 34.4 Å². The van der Waals surface area contributed by atoms with Gasteiger partial charge in [0.15, 0.2) is 5.96 Å². The molecule has 1 fully saturated rings. The Morgan fingerprint density at radius 3 is 2.28 bits per heavy atom. The molecule has 1 aliphatic rings. The fourth-order valence-electron chi connectivity index (χ4n) is 6.88. The number of carboxylic acid groups (broad SMARTS) is 1. The van der Waals surface area contributed by atoms with Crippen LogP contribution in [0.4, 0.5) is 4.79 Å². The quantitative estimate of drug-likeness (QED) is 0.0782. The van der Waals surface area contributed by atoms with Crippen molar-refractivity contribution in [1.29, 1.82) is 0 Å². The molecule has 12 N–H and O–H groups in total. The minimum atomic E-state index is -1.32. The van der Waals surface area contributed by atoms with E-state index >= 15 is 0 Å². The first-order valence-corrected chi connectivity index (χ1v) is 21.1. The molecule has 6 atom stereocenters. The maximum Gasteiger partial charge on any atom is 0.326 e. The van der Waals surface area contributed by atoms with Crippen molar-refractivity contribution in [2.24, 2.45) is 28.3 Å². The van der Waals surface area contributed by atoms with Crippen molar-refractivity contribution < 1.29 is 38.7 Å². The lowest BCUT2D eigenvalue weighted by molar-refractivity contribution is -0.143. The number of urea groups is 1. The van der Waals surface area contributed by atoms with E-state index in [1.54, 1.807) is 6.20 Å². The van der Waals surface area contributed by atoms with Crippen LogP contribution in [-0.2, 0) is 35.2 Å². The second-order valence-corrected chi connectivity index (χ2v) is 17.0. The van der Waals surface area contributed by atoms with E-state index in [1.807, 2.05) is 45.9 Å². The molecule has 0 saturated carbocycles. The number of halogens is 1. The van der Waals surface area contributed by atoms with Crippen LogP contribution in [0.2, 0.25) is 0 Å². The van der Waals surface area contributed by atoms with Gasteiger partial charge in [-0.1, -0.05) is 49.7 Å². The van der Waals surface area contributed by atoms with Crippen LogP contribution in [0.5, 0.6) is 0 Å². The van der Waals surface area contributed by atoms with E-state index in [1.165, 1.54) is 18.9 Å². The summed E-state index contributed by atoms with van der Waals surface area (Å²) in [7, 11) is 1.50. The Morgan fingerprint density at radius 2 is 1.63 bits per heavy atom. The number of carboxylic acids is 1. The fraction of sp³-hybridized carbons (Fsp3) is 0.600. The number of nitrogens with two attached hydrogens (primary N) is 2. The van der Waals surface area contributed by atoms with Crippen molar-refractivity contribution in [1.82, 2.24) is 41.8 Å². The van der Waals surface area contributed by atoms with E-state index < -0.39 is 77.8 Å². The minimum absolute atomic E-state index is 0.00347. The zero-order valence-corrected chi connectivity index (χ0v) is 36.8. The predicted molar refractivity (Wildman–Crippen MR) is 230 cm³/mol. The van der Waals surface area contributed by atoms with Crippen LogP contribution in [0.15, 0.2) is 33.9 Å². The summed E-state index contributed by atoms with van der Waals surface area (Å²) >= 11 is 3.48. The lowest BCUT2D eigenvalue weighted by atomic mass is 9.97. The van der Waals surface area contributed by atoms with Crippen LogP contribution in [0.25, 0.3) is 10.9 Å². The number of nitrogens with zero attached hydrogens (tertiary/aromatic N) is 2. The summed E-state index contributed by atoms with van der Waals surface area (Å²) < 4.78 is 0.864. The summed E-state index contributed by atoms with van der Waals surface area (Å²) in [6, 6.07) is -2.06. The molecule has 19 nitrogen and oxygen atoms in total. The number of aromatic nitrogens is 1. The summed E-state index contributed by atoms with van der Waals surface area (Å²) in [4.78, 5) is 103. The first kappa shape index (κ1) is 49.0. The summed E-state index contributed by atoms with van der Waals surface area (Å²) in [6.07, 6.45) is 3.34. The van der Waals surface area contributed by atoms with Gasteiger partial charge in [0.05, 0.1) is 0 Å². The minimum Gasteiger partial charge on any atom is -0.480 e. The number of nitrogens with one attached hydrogen (secondary N) is 7. The molecule has 332 valence electrons. The Hall–Kier alpha value is -5.40. The van der Waals surface area contributed by atoms with Gasteiger partial charge in [-0.3, -0.25) is 29.0 Å². The molecule has 1 aromatic carbocycles.